The Morgan fingerprint density at radius 3 is 2.94 bits per heavy atom. The van der Waals surface area contributed by atoms with Gasteiger partial charge in [-0.2, -0.15) is 0 Å². The fourth-order valence-electron chi connectivity index (χ4n) is 2.39. The van der Waals surface area contributed by atoms with Gasteiger partial charge in [-0.3, -0.25) is 4.79 Å². The molecule has 1 nitrogen and oxygen atoms in total. The topological polar surface area (TPSA) is 17.1 Å². The van der Waals surface area contributed by atoms with Crippen molar-refractivity contribution in [1.82, 2.24) is 0 Å². The molecule has 0 N–H and O–H groups in total. The van der Waals surface area contributed by atoms with E-state index in [9.17, 15) is 9.18 Å². The number of aryl methyl sites for hydroxylation is 2. The molecule has 1 heterocycles. The molecular formula is C15H13FOS. The number of hydrogen-bond acceptors (Lipinski definition) is 2. The van der Waals surface area contributed by atoms with Crippen molar-refractivity contribution in [3.63, 3.8) is 0 Å². The maximum Gasteiger partial charge on any atom is 0.177 e. The molecule has 0 saturated carbocycles. The molecule has 1 aliphatic carbocycles. The molecule has 0 saturated heterocycles. The molecule has 0 atom stereocenters. The van der Waals surface area contributed by atoms with Crippen molar-refractivity contribution >= 4 is 17.1 Å². The minimum Gasteiger partial charge on any atom is -0.293 e. The maximum atomic E-state index is 13.0. The van der Waals surface area contributed by atoms with E-state index in [1.165, 1.54) is 29.0 Å². The van der Waals surface area contributed by atoms with Gasteiger partial charge < -0.3 is 0 Å². The summed E-state index contributed by atoms with van der Waals surface area (Å²) >= 11 is 1.61. The van der Waals surface area contributed by atoms with Gasteiger partial charge in [-0.15, -0.1) is 11.3 Å². The first-order valence-corrected chi connectivity index (χ1v) is 6.93. The molecular weight excluding hydrogens is 247 g/mol. The Labute approximate surface area is 109 Å². The zero-order chi connectivity index (χ0) is 12.5. The normalized spacial score (nSPS) is 13.6. The second-order valence-electron chi connectivity index (χ2n) is 4.64. The Kier molecular flexibility index (Phi) is 3.00. The van der Waals surface area contributed by atoms with Gasteiger partial charge in [0.05, 0.1) is 4.88 Å². The van der Waals surface area contributed by atoms with Crippen molar-refractivity contribution in [3.8, 4) is 0 Å². The fraction of sp³-hybridized carbons (Fsp3) is 0.267. The molecule has 0 unspecified atom stereocenters. The second kappa shape index (κ2) is 4.65. The van der Waals surface area contributed by atoms with Gasteiger partial charge in [0.1, 0.15) is 5.82 Å². The van der Waals surface area contributed by atoms with Gasteiger partial charge in [0.2, 0.25) is 0 Å². The van der Waals surface area contributed by atoms with Crippen LogP contribution in [-0.2, 0) is 19.3 Å². The van der Waals surface area contributed by atoms with Gasteiger partial charge in [0.15, 0.2) is 5.78 Å². The van der Waals surface area contributed by atoms with E-state index < -0.39 is 0 Å². The SMILES string of the molecule is O=C(Cc1cccc(F)c1)c1cc2c(s1)CCC2. The number of carbonyl (C=O) groups excluding carboxylic acids is 1. The highest BCUT2D eigenvalue weighted by molar-refractivity contribution is 7.14. The summed E-state index contributed by atoms with van der Waals surface area (Å²) in [6.45, 7) is 0. The van der Waals surface area contributed by atoms with Crippen molar-refractivity contribution < 1.29 is 9.18 Å². The van der Waals surface area contributed by atoms with Crippen LogP contribution < -0.4 is 0 Å². The zero-order valence-corrected chi connectivity index (χ0v) is 10.7. The summed E-state index contributed by atoms with van der Waals surface area (Å²) in [5, 5.41) is 0. The van der Waals surface area contributed by atoms with Crippen LogP contribution in [0, 0.1) is 5.82 Å². The third-order valence-corrected chi connectivity index (χ3v) is 4.55. The smallest absolute Gasteiger partial charge is 0.177 e. The molecule has 0 amide bonds. The first kappa shape index (κ1) is 11.6. The highest BCUT2D eigenvalue weighted by Crippen LogP contribution is 2.31. The van der Waals surface area contributed by atoms with Crippen molar-refractivity contribution in [1.29, 1.82) is 0 Å². The predicted molar refractivity (Wildman–Crippen MR) is 70.8 cm³/mol. The number of rotatable bonds is 3. The Morgan fingerprint density at radius 2 is 2.17 bits per heavy atom. The standard InChI is InChI=1S/C15H13FOS/c16-12-5-1-3-10(7-12)8-13(17)15-9-11-4-2-6-14(11)18-15/h1,3,5,7,9H,2,4,6,8H2. The van der Waals surface area contributed by atoms with Crippen LogP contribution >= 0.6 is 11.3 Å². The summed E-state index contributed by atoms with van der Waals surface area (Å²) in [6, 6.07) is 8.29. The van der Waals surface area contributed by atoms with Gasteiger partial charge in [-0.05, 0) is 48.6 Å². The van der Waals surface area contributed by atoms with Gasteiger partial charge in [-0.1, -0.05) is 12.1 Å². The van der Waals surface area contributed by atoms with Gasteiger partial charge in [0.25, 0.3) is 0 Å². The maximum absolute atomic E-state index is 13.0. The van der Waals surface area contributed by atoms with E-state index in [0.29, 0.717) is 0 Å². The van der Waals surface area contributed by atoms with Gasteiger partial charge >= 0.3 is 0 Å². The number of benzene rings is 1. The van der Waals surface area contributed by atoms with E-state index in [1.807, 2.05) is 6.07 Å². The summed E-state index contributed by atoms with van der Waals surface area (Å²) in [6.07, 6.45) is 3.70. The van der Waals surface area contributed by atoms with Crippen LogP contribution in [0.4, 0.5) is 4.39 Å². The first-order chi connectivity index (χ1) is 8.72. The van der Waals surface area contributed by atoms with E-state index in [4.69, 9.17) is 0 Å². The van der Waals surface area contributed by atoms with Crippen molar-refractivity contribution in [3.05, 3.63) is 57.0 Å². The minimum absolute atomic E-state index is 0.0972. The fourth-order valence-corrected chi connectivity index (χ4v) is 3.58. The molecule has 1 aromatic carbocycles. The summed E-state index contributed by atoms with van der Waals surface area (Å²) < 4.78 is 13.0. The molecule has 18 heavy (non-hydrogen) atoms. The lowest BCUT2D eigenvalue weighted by atomic mass is 10.1. The monoisotopic (exact) mass is 260 g/mol. The second-order valence-corrected chi connectivity index (χ2v) is 5.78. The molecule has 2 aromatic rings. The largest absolute Gasteiger partial charge is 0.293 e. The number of ketones is 1. The van der Waals surface area contributed by atoms with Crippen LogP contribution in [0.3, 0.4) is 0 Å². The number of Topliss-reactive ketones (excluding diaryl/α,β-unsaturated/α-hetero) is 1. The van der Waals surface area contributed by atoms with Crippen molar-refractivity contribution in [2.24, 2.45) is 0 Å². The van der Waals surface area contributed by atoms with Crippen LogP contribution in [0.15, 0.2) is 30.3 Å². The summed E-state index contributed by atoms with van der Waals surface area (Å²) in [5.41, 5.74) is 2.08. The summed E-state index contributed by atoms with van der Waals surface area (Å²) in [7, 11) is 0. The lowest BCUT2D eigenvalue weighted by Gasteiger charge is -1.99. The number of carbonyl (C=O) groups is 1. The lowest BCUT2D eigenvalue weighted by Crippen LogP contribution is -2.01. The van der Waals surface area contributed by atoms with Crippen LogP contribution in [-0.4, -0.2) is 5.78 Å². The molecule has 0 spiro atoms. The molecule has 3 rings (SSSR count). The Morgan fingerprint density at radius 1 is 1.28 bits per heavy atom. The molecule has 0 aliphatic heterocycles. The van der Waals surface area contributed by atoms with Crippen LogP contribution in [0.2, 0.25) is 0 Å². The minimum atomic E-state index is -0.283. The lowest BCUT2D eigenvalue weighted by molar-refractivity contribution is 0.0996. The third kappa shape index (κ3) is 2.23. The highest BCUT2D eigenvalue weighted by atomic mass is 32.1. The molecule has 0 radical (unpaired) electrons. The number of hydrogen-bond donors (Lipinski definition) is 0. The zero-order valence-electron chi connectivity index (χ0n) is 9.91. The van der Waals surface area contributed by atoms with E-state index in [0.717, 1.165) is 23.3 Å². The number of thiophene rings is 1. The third-order valence-electron chi connectivity index (χ3n) is 3.28. The highest BCUT2D eigenvalue weighted by Gasteiger charge is 2.18. The first-order valence-electron chi connectivity index (χ1n) is 6.11. The average Bonchev–Trinajstić information content (AvgIpc) is 2.88. The number of halogens is 1. The van der Waals surface area contributed by atoms with Gasteiger partial charge in [0, 0.05) is 11.3 Å². The summed E-state index contributed by atoms with van der Waals surface area (Å²) in [4.78, 5) is 14.3. The van der Waals surface area contributed by atoms with Crippen LogP contribution in [0.25, 0.3) is 0 Å². The van der Waals surface area contributed by atoms with Crippen molar-refractivity contribution in [2.45, 2.75) is 25.7 Å². The van der Waals surface area contributed by atoms with E-state index >= 15 is 0 Å². The molecule has 1 aromatic heterocycles. The Balaban J connectivity index is 1.78. The van der Waals surface area contributed by atoms with Crippen LogP contribution in [0.1, 0.15) is 32.1 Å². The van der Waals surface area contributed by atoms with Crippen molar-refractivity contribution in [2.75, 3.05) is 0 Å². The Bertz CT molecular complexity index is 579. The molecule has 0 bridgehead atoms. The quantitative estimate of drug-likeness (QED) is 0.767. The molecule has 3 heteroatoms. The van der Waals surface area contributed by atoms with E-state index in [1.54, 1.807) is 23.5 Å². The van der Waals surface area contributed by atoms with Gasteiger partial charge in [-0.25, -0.2) is 4.39 Å². The molecule has 1 aliphatic rings. The summed E-state index contributed by atoms with van der Waals surface area (Å²) in [5.74, 6) is -0.186. The Hall–Kier alpha value is -1.48. The molecule has 0 fully saturated rings. The van der Waals surface area contributed by atoms with E-state index in [2.05, 4.69) is 0 Å². The average molecular weight is 260 g/mol. The molecule has 92 valence electrons. The van der Waals surface area contributed by atoms with E-state index in [-0.39, 0.29) is 18.0 Å². The predicted octanol–water partition coefficient (Wildman–Crippen LogP) is 3.80. The number of fused-ring (bicyclic) bond motifs is 1. The van der Waals surface area contributed by atoms with Crippen LogP contribution in [0.5, 0.6) is 0 Å².